The number of rotatable bonds is 9. The maximum atomic E-state index is 12.4. The average Bonchev–Trinajstić information content (AvgIpc) is 2.61. The summed E-state index contributed by atoms with van der Waals surface area (Å²) in [6.45, 7) is 7.56. The molecule has 0 aliphatic rings. The van der Waals surface area contributed by atoms with Gasteiger partial charge in [0.1, 0.15) is 6.04 Å². The van der Waals surface area contributed by atoms with Gasteiger partial charge in [-0.05, 0) is 44.0 Å². The number of amides is 1. The van der Waals surface area contributed by atoms with E-state index in [0.717, 1.165) is 16.7 Å². The highest BCUT2D eigenvalue weighted by atomic mass is 16.5. The van der Waals surface area contributed by atoms with Gasteiger partial charge in [-0.1, -0.05) is 42.0 Å². The van der Waals surface area contributed by atoms with E-state index in [9.17, 15) is 4.79 Å². The largest absolute Gasteiger partial charge is 0.376 e. The fraction of sp³-hybridized carbons (Fsp3) is 0.381. The molecule has 3 N–H and O–H groups in total. The number of hydrogen-bond donors (Lipinski definition) is 2. The number of benzene rings is 2. The molecule has 26 heavy (non-hydrogen) atoms. The Bertz CT molecular complexity index is 699. The van der Waals surface area contributed by atoms with Gasteiger partial charge >= 0.3 is 0 Å². The lowest BCUT2D eigenvalue weighted by molar-refractivity contribution is -0.117. The van der Waals surface area contributed by atoms with Crippen LogP contribution >= 0.6 is 0 Å². The Labute approximate surface area is 155 Å². The maximum absolute atomic E-state index is 12.4. The number of aryl methyl sites for hydroxylation is 1. The Hall–Kier alpha value is -2.21. The van der Waals surface area contributed by atoms with Gasteiger partial charge < -0.3 is 20.5 Å². The van der Waals surface area contributed by atoms with Gasteiger partial charge in [0, 0.05) is 5.69 Å². The van der Waals surface area contributed by atoms with Crippen molar-refractivity contribution in [1.82, 2.24) is 0 Å². The number of nitrogens with one attached hydrogen (secondary N) is 1. The molecule has 0 heterocycles. The van der Waals surface area contributed by atoms with Crippen molar-refractivity contribution in [2.45, 2.75) is 39.5 Å². The quantitative estimate of drug-likeness (QED) is 0.674. The molecule has 2 rings (SSSR count). The second-order valence-electron chi connectivity index (χ2n) is 6.55. The zero-order valence-electron chi connectivity index (χ0n) is 15.7. The smallest absolute Gasteiger partial charge is 0.245 e. The van der Waals surface area contributed by atoms with E-state index in [4.69, 9.17) is 15.2 Å². The van der Waals surface area contributed by atoms with Gasteiger partial charge in [0.2, 0.25) is 5.91 Å². The molecule has 1 unspecified atom stereocenters. The Morgan fingerprint density at radius 3 is 2.54 bits per heavy atom. The average molecular weight is 356 g/mol. The topological polar surface area (TPSA) is 73.6 Å². The maximum Gasteiger partial charge on any atom is 0.245 e. The Morgan fingerprint density at radius 1 is 1.12 bits per heavy atom. The van der Waals surface area contributed by atoms with Gasteiger partial charge in [0.05, 0.1) is 25.9 Å². The molecule has 2 aromatic rings. The van der Waals surface area contributed by atoms with Crippen molar-refractivity contribution < 1.29 is 14.3 Å². The SMILES string of the molecule is Cc1ccc(C(N)C(=O)Nc2cccc(COCCOC(C)C)c2)cc1. The fourth-order valence-corrected chi connectivity index (χ4v) is 2.42. The minimum atomic E-state index is -0.705. The van der Waals surface area contributed by atoms with E-state index in [1.54, 1.807) is 0 Å². The second kappa shape index (κ2) is 10.1. The monoisotopic (exact) mass is 356 g/mol. The first-order valence-corrected chi connectivity index (χ1v) is 8.87. The van der Waals surface area contributed by atoms with Crippen LogP contribution in [-0.4, -0.2) is 25.2 Å². The Kier molecular flexibility index (Phi) is 7.78. The predicted molar refractivity (Wildman–Crippen MR) is 104 cm³/mol. The molecule has 0 spiro atoms. The lowest BCUT2D eigenvalue weighted by Crippen LogP contribution is -2.27. The minimum absolute atomic E-state index is 0.204. The summed E-state index contributed by atoms with van der Waals surface area (Å²) in [6.07, 6.45) is 0.204. The van der Waals surface area contributed by atoms with Gasteiger partial charge in [-0.25, -0.2) is 0 Å². The lowest BCUT2D eigenvalue weighted by atomic mass is 10.1. The van der Waals surface area contributed by atoms with Crippen molar-refractivity contribution in [3.8, 4) is 0 Å². The van der Waals surface area contributed by atoms with E-state index in [-0.39, 0.29) is 12.0 Å². The van der Waals surface area contributed by atoms with E-state index < -0.39 is 6.04 Å². The fourth-order valence-electron chi connectivity index (χ4n) is 2.42. The number of anilines is 1. The van der Waals surface area contributed by atoms with Crippen molar-refractivity contribution in [3.05, 3.63) is 65.2 Å². The third kappa shape index (κ3) is 6.59. The molecule has 0 bridgehead atoms. The summed E-state index contributed by atoms with van der Waals surface area (Å²) in [5.74, 6) is -0.239. The molecule has 0 fully saturated rings. The van der Waals surface area contributed by atoms with Crippen LogP contribution in [0.2, 0.25) is 0 Å². The van der Waals surface area contributed by atoms with Crippen molar-refractivity contribution in [2.24, 2.45) is 5.73 Å². The summed E-state index contributed by atoms with van der Waals surface area (Å²) in [6, 6.07) is 14.5. The van der Waals surface area contributed by atoms with Gasteiger partial charge in [-0.3, -0.25) is 4.79 Å². The van der Waals surface area contributed by atoms with Crippen molar-refractivity contribution in [2.75, 3.05) is 18.5 Å². The Morgan fingerprint density at radius 2 is 1.85 bits per heavy atom. The summed E-state index contributed by atoms with van der Waals surface area (Å²) in [7, 11) is 0. The number of nitrogens with two attached hydrogens (primary N) is 1. The first-order valence-electron chi connectivity index (χ1n) is 8.87. The zero-order chi connectivity index (χ0) is 18.9. The van der Waals surface area contributed by atoms with E-state index in [1.807, 2.05) is 69.3 Å². The van der Waals surface area contributed by atoms with Crippen molar-refractivity contribution in [1.29, 1.82) is 0 Å². The molecule has 0 aliphatic heterocycles. The molecule has 0 saturated heterocycles. The standard InChI is InChI=1S/C21H28N2O3/c1-15(2)26-12-11-25-14-17-5-4-6-19(13-17)23-21(24)20(22)18-9-7-16(3)8-10-18/h4-10,13,15,20H,11-12,14,22H2,1-3H3,(H,23,24). The highest BCUT2D eigenvalue weighted by molar-refractivity contribution is 5.95. The lowest BCUT2D eigenvalue weighted by Gasteiger charge is -2.14. The molecule has 0 aliphatic carbocycles. The van der Waals surface area contributed by atoms with Crippen LogP contribution in [0.5, 0.6) is 0 Å². The Balaban J connectivity index is 1.87. The first kappa shape index (κ1) is 20.1. The molecule has 0 saturated carbocycles. The highest BCUT2D eigenvalue weighted by Crippen LogP contribution is 2.16. The second-order valence-corrected chi connectivity index (χ2v) is 6.55. The van der Waals surface area contributed by atoms with Gasteiger partial charge in [-0.2, -0.15) is 0 Å². The van der Waals surface area contributed by atoms with E-state index in [2.05, 4.69) is 5.32 Å². The highest BCUT2D eigenvalue weighted by Gasteiger charge is 2.15. The molecule has 0 radical (unpaired) electrons. The summed E-state index contributed by atoms with van der Waals surface area (Å²) in [5, 5.41) is 2.87. The molecule has 2 aromatic carbocycles. The summed E-state index contributed by atoms with van der Waals surface area (Å²) in [5.41, 5.74) is 9.67. The molecule has 1 atom stereocenters. The van der Waals surface area contributed by atoms with Crippen LogP contribution in [0.3, 0.4) is 0 Å². The molecular formula is C21H28N2O3. The predicted octanol–water partition coefficient (Wildman–Crippen LogP) is 3.58. The molecule has 140 valence electrons. The normalized spacial score (nSPS) is 12.2. The molecular weight excluding hydrogens is 328 g/mol. The van der Waals surface area contributed by atoms with Gasteiger partial charge in [0.25, 0.3) is 0 Å². The molecule has 5 nitrogen and oxygen atoms in total. The van der Waals surface area contributed by atoms with E-state index in [0.29, 0.717) is 25.5 Å². The van der Waals surface area contributed by atoms with Crippen LogP contribution in [0, 0.1) is 6.92 Å². The number of carbonyl (C=O) groups excluding carboxylic acids is 1. The van der Waals surface area contributed by atoms with Gasteiger partial charge in [-0.15, -0.1) is 0 Å². The number of ether oxygens (including phenoxy) is 2. The summed E-state index contributed by atoms with van der Waals surface area (Å²) < 4.78 is 11.0. The third-order valence-electron chi connectivity index (χ3n) is 3.86. The number of carbonyl (C=O) groups is 1. The molecule has 1 amide bonds. The molecule has 5 heteroatoms. The van der Waals surface area contributed by atoms with Crippen LogP contribution in [0.4, 0.5) is 5.69 Å². The van der Waals surface area contributed by atoms with E-state index in [1.165, 1.54) is 0 Å². The van der Waals surface area contributed by atoms with Crippen LogP contribution in [0.1, 0.15) is 36.6 Å². The van der Waals surface area contributed by atoms with Crippen LogP contribution in [-0.2, 0) is 20.9 Å². The van der Waals surface area contributed by atoms with Crippen LogP contribution < -0.4 is 11.1 Å². The number of hydrogen-bond acceptors (Lipinski definition) is 4. The zero-order valence-corrected chi connectivity index (χ0v) is 15.7. The minimum Gasteiger partial charge on any atom is -0.376 e. The summed E-state index contributed by atoms with van der Waals surface area (Å²) >= 11 is 0. The van der Waals surface area contributed by atoms with Crippen molar-refractivity contribution >= 4 is 11.6 Å². The van der Waals surface area contributed by atoms with Gasteiger partial charge in [0.15, 0.2) is 0 Å². The molecule has 0 aromatic heterocycles. The van der Waals surface area contributed by atoms with E-state index >= 15 is 0 Å². The van der Waals surface area contributed by atoms with Crippen LogP contribution in [0.25, 0.3) is 0 Å². The third-order valence-corrected chi connectivity index (χ3v) is 3.86. The first-order chi connectivity index (χ1) is 12.5. The summed E-state index contributed by atoms with van der Waals surface area (Å²) in [4.78, 5) is 12.4. The van der Waals surface area contributed by atoms with Crippen LogP contribution in [0.15, 0.2) is 48.5 Å². The van der Waals surface area contributed by atoms with Crippen molar-refractivity contribution in [3.63, 3.8) is 0 Å².